The molecule has 0 aromatic heterocycles. The minimum absolute atomic E-state index is 0.00692. The van der Waals surface area contributed by atoms with Gasteiger partial charge in [0.1, 0.15) is 0 Å². The van der Waals surface area contributed by atoms with Gasteiger partial charge in [0.05, 0.1) is 0 Å². The van der Waals surface area contributed by atoms with Gasteiger partial charge in [0.2, 0.25) is 5.91 Å². The second-order valence-electron chi connectivity index (χ2n) is 4.26. The van der Waals surface area contributed by atoms with Crippen molar-refractivity contribution >= 4 is 17.5 Å². The number of likely N-dealkylation sites (N-methyl/N-ethyl adjacent to an activating group) is 1. The number of nitrogens with zero attached hydrogens (tertiary/aromatic N) is 1. The number of carbonyl (C=O) groups is 2. The summed E-state index contributed by atoms with van der Waals surface area (Å²) < 4.78 is 0. The van der Waals surface area contributed by atoms with Gasteiger partial charge in [-0.05, 0) is 31.2 Å². The van der Waals surface area contributed by atoms with Gasteiger partial charge in [0.25, 0.3) is 5.91 Å². The van der Waals surface area contributed by atoms with E-state index in [1.807, 2.05) is 6.92 Å². The Kier molecular flexibility index (Phi) is 4.85. The molecule has 0 aliphatic heterocycles. The summed E-state index contributed by atoms with van der Waals surface area (Å²) in [5.74, 6) is -0.217. The van der Waals surface area contributed by atoms with Crippen molar-refractivity contribution in [3.05, 3.63) is 29.8 Å². The third-order valence-corrected chi connectivity index (χ3v) is 2.77. The minimum atomic E-state index is -0.136. The highest BCUT2D eigenvalue weighted by molar-refractivity contribution is 5.95. The van der Waals surface area contributed by atoms with Crippen LogP contribution in [0.4, 0.5) is 5.69 Å². The molecular formula is C13H19N3O2. The lowest BCUT2D eigenvalue weighted by atomic mass is 10.1. The maximum absolute atomic E-state index is 12.1. The topological polar surface area (TPSA) is 75.4 Å². The Balaban J connectivity index is 2.78. The van der Waals surface area contributed by atoms with Crippen LogP contribution >= 0.6 is 0 Å². The fraction of sp³-hybridized carbons (Fsp3) is 0.385. The van der Waals surface area contributed by atoms with Gasteiger partial charge in [-0.2, -0.15) is 0 Å². The number of rotatable bonds is 4. The third-order valence-electron chi connectivity index (χ3n) is 2.77. The van der Waals surface area contributed by atoms with Crippen LogP contribution < -0.4 is 11.1 Å². The fourth-order valence-electron chi connectivity index (χ4n) is 1.46. The summed E-state index contributed by atoms with van der Waals surface area (Å²) in [6.45, 7) is 3.76. The van der Waals surface area contributed by atoms with Crippen LogP contribution in [0.1, 0.15) is 24.2 Å². The van der Waals surface area contributed by atoms with Crippen molar-refractivity contribution in [2.45, 2.75) is 19.9 Å². The summed E-state index contributed by atoms with van der Waals surface area (Å²) in [5.41, 5.74) is 6.78. The molecule has 0 heterocycles. The lowest BCUT2D eigenvalue weighted by molar-refractivity contribution is -0.114. The second kappa shape index (κ2) is 6.16. The normalized spacial score (nSPS) is 11.8. The van der Waals surface area contributed by atoms with Gasteiger partial charge in [-0.15, -0.1) is 0 Å². The molecule has 0 radical (unpaired) electrons. The summed E-state index contributed by atoms with van der Waals surface area (Å²) in [5, 5.41) is 2.65. The van der Waals surface area contributed by atoms with Gasteiger partial charge in [0, 0.05) is 37.8 Å². The fourth-order valence-corrected chi connectivity index (χ4v) is 1.46. The van der Waals surface area contributed by atoms with Crippen molar-refractivity contribution in [3.8, 4) is 0 Å². The molecule has 1 rings (SSSR count). The lowest BCUT2D eigenvalue weighted by Gasteiger charge is -2.23. The first kappa shape index (κ1) is 14.2. The average Bonchev–Trinajstić information content (AvgIpc) is 2.36. The molecule has 1 atom stereocenters. The molecule has 98 valence electrons. The molecule has 0 spiro atoms. The van der Waals surface area contributed by atoms with Crippen LogP contribution in [-0.4, -0.2) is 36.3 Å². The molecule has 0 saturated carbocycles. The number of anilines is 1. The first-order valence-corrected chi connectivity index (χ1v) is 5.80. The molecule has 0 bridgehead atoms. The monoisotopic (exact) mass is 249 g/mol. The Labute approximate surface area is 107 Å². The molecule has 5 heteroatoms. The highest BCUT2D eigenvalue weighted by Crippen LogP contribution is 2.12. The zero-order chi connectivity index (χ0) is 13.7. The molecule has 3 N–H and O–H groups in total. The van der Waals surface area contributed by atoms with Crippen LogP contribution in [-0.2, 0) is 4.79 Å². The van der Waals surface area contributed by atoms with Gasteiger partial charge < -0.3 is 16.0 Å². The maximum atomic E-state index is 12.1. The largest absolute Gasteiger partial charge is 0.338 e. The number of amides is 2. The summed E-state index contributed by atoms with van der Waals surface area (Å²) >= 11 is 0. The van der Waals surface area contributed by atoms with Crippen LogP contribution in [0.2, 0.25) is 0 Å². The van der Waals surface area contributed by atoms with Crippen molar-refractivity contribution in [3.63, 3.8) is 0 Å². The van der Waals surface area contributed by atoms with Gasteiger partial charge in [-0.1, -0.05) is 0 Å². The lowest BCUT2D eigenvalue weighted by Crippen LogP contribution is -2.39. The number of nitrogens with two attached hydrogens (primary N) is 1. The predicted molar refractivity (Wildman–Crippen MR) is 71.4 cm³/mol. The van der Waals surface area contributed by atoms with Gasteiger partial charge in [-0.25, -0.2) is 0 Å². The van der Waals surface area contributed by atoms with E-state index in [9.17, 15) is 9.59 Å². The highest BCUT2D eigenvalue weighted by Gasteiger charge is 2.15. The number of hydrogen-bond acceptors (Lipinski definition) is 3. The summed E-state index contributed by atoms with van der Waals surface area (Å²) in [6.07, 6.45) is 0. The second-order valence-corrected chi connectivity index (χ2v) is 4.26. The molecule has 0 saturated heterocycles. The van der Waals surface area contributed by atoms with Crippen LogP contribution in [0.25, 0.3) is 0 Å². The van der Waals surface area contributed by atoms with Crippen molar-refractivity contribution in [1.82, 2.24) is 4.90 Å². The molecule has 0 fully saturated rings. The van der Waals surface area contributed by atoms with E-state index in [1.54, 1.807) is 36.2 Å². The Bertz CT molecular complexity index is 428. The molecule has 1 unspecified atom stereocenters. The van der Waals surface area contributed by atoms with Crippen molar-refractivity contribution in [1.29, 1.82) is 0 Å². The van der Waals surface area contributed by atoms with Crippen molar-refractivity contribution < 1.29 is 9.59 Å². The quantitative estimate of drug-likeness (QED) is 0.838. The van der Waals surface area contributed by atoms with E-state index in [1.165, 1.54) is 6.92 Å². The van der Waals surface area contributed by atoms with Crippen molar-refractivity contribution in [2.75, 3.05) is 18.9 Å². The summed E-state index contributed by atoms with van der Waals surface area (Å²) in [7, 11) is 1.72. The smallest absolute Gasteiger partial charge is 0.253 e. The molecule has 5 nitrogen and oxygen atoms in total. The molecular weight excluding hydrogens is 230 g/mol. The van der Waals surface area contributed by atoms with Crippen LogP contribution in [0, 0.1) is 0 Å². The maximum Gasteiger partial charge on any atom is 0.253 e. The first-order valence-electron chi connectivity index (χ1n) is 5.80. The van der Waals surface area contributed by atoms with Gasteiger partial charge in [-0.3, -0.25) is 9.59 Å². The molecule has 1 aromatic carbocycles. The van der Waals surface area contributed by atoms with E-state index < -0.39 is 0 Å². The molecule has 0 aliphatic carbocycles. The molecule has 18 heavy (non-hydrogen) atoms. The Hall–Kier alpha value is -1.88. The number of hydrogen-bond donors (Lipinski definition) is 2. The average molecular weight is 249 g/mol. The zero-order valence-corrected chi connectivity index (χ0v) is 10.9. The standard InChI is InChI=1S/C13H19N3O2/c1-9(8-14)16(3)13(18)11-4-6-12(7-5-11)15-10(2)17/h4-7,9H,8,14H2,1-3H3,(H,15,17). The van der Waals surface area contributed by atoms with Crippen molar-refractivity contribution in [2.24, 2.45) is 5.73 Å². The Morgan fingerprint density at radius 2 is 1.89 bits per heavy atom. The van der Waals surface area contributed by atoms with Gasteiger partial charge >= 0.3 is 0 Å². The van der Waals surface area contributed by atoms with E-state index in [4.69, 9.17) is 5.73 Å². The number of benzene rings is 1. The molecule has 1 aromatic rings. The summed E-state index contributed by atoms with van der Waals surface area (Å²) in [4.78, 5) is 24.5. The zero-order valence-electron chi connectivity index (χ0n) is 10.9. The highest BCUT2D eigenvalue weighted by atomic mass is 16.2. The molecule has 0 aliphatic rings. The van der Waals surface area contributed by atoms with E-state index in [0.717, 1.165) is 0 Å². The first-order chi connectivity index (χ1) is 8.45. The Morgan fingerprint density at radius 1 is 1.33 bits per heavy atom. The SMILES string of the molecule is CC(=O)Nc1ccc(C(=O)N(C)C(C)CN)cc1. The van der Waals surface area contributed by atoms with E-state index in [0.29, 0.717) is 17.8 Å². The Morgan fingerprint density at radius 3 is 2.33 bits per heavy atom. The van der Waals surface area contributed by atoms with E-state index >= 15 is 0 Å². The third kappa shape index (κ3) is 3.56. The summed E-state index contributed by atoms with van der Waals surface area (Å²) in [6, 6.07) is 6.78. The number of carbonyl (C=O) groups excluding carboxylic acids is 2. The van der Waals surface area contributed by atoms with Crippen LogP contribution in [0.3, 0.4) is 0 Å². The van der Waals surface area contributed by atoms with Gasteiger partial charge in [0.15, 0.2) is 0 Å². The number of nitrogens with one attached hydrogen (secondary N) is 1. The van der Waals surface area contributed by atoms with E-state index in [-0.39, 0.29) is 17.9 Å². The predicted octanol–water partition coefficient (Wildman–Crippen LogP) is 1.06. The van der Waals surface area contributed by atoms with Crippen LogP contribution in [0.15, 0.2) is 24.3 Å². The molecule has 2 amide bonds. The van der Waals surface area contributed by atoms with E-state index in [2.05, 4.69) is 5.32 Å². The minimum Gasteiger partial charge on any atom is -0.338 e. The van der Waals surface area contributed by atoms with Crippen LogP contribution in [0.5, 0.6) is 0 Å².